The molecule has 1 aromatic heterocycles. The van der Waals surface area contributed by atoms with E-state index in [-0.39, 0.29) is 5.54 Å². The molecule has 3 N–H and O–H groups in total. The maximum absolute atomic E-state index is 11.3. The maximum atomic E-state index is 11.3. The minimum atomic E-state index is 0.118. The van der Waals surface area contributed by atoms with Gasteiger partial charge in [0.25, 0.3) is 0 Å². The summed E-state index contributed by atoms with van der Waals surface area (Å²) in [6, 6.07) is 2.14. The first-order valence-corrected chi connectivity index (χ1v) is 10.2. The third-order valence-electron chi connectivity index (χ3n) is 3.99. The molecule has 2 unspecified atom stereocenters. The lowest BCUT2D eigenvalue weighted by Crippen LogP contribution is -2.32. The minimum Gasteiger partial charge on any atom is -0.402 e. The van der Waals surface area contributed by atoms with Crippen molar-refractivity contribution in [3.8, 4) is 0 Å². The number of nitrogens with one attached hydrogen (secondary N) is 1. The molecular formula is C20H28N2OS2. The Labute approximate surface area is 158 Å². The van der Waals surface area contributed by atoms with E-state index in [0.717, 1.165) is 34.6 Å². The molecule has 0 fully saturated rings. The second-order valence-corrected chi connectivity index (χ2v) is 9.56. The highest BCUT2D eigenvalue weighted by Crippen LogP contribution is 2.33. The van der Waals surface area contributed by atoms with Crippen molar-refractivity contribution in [2.24, 2.45) is 5.73 Å². The number of thiophene rings is 1. The minimum absolute atomic E-state index is 0.118. The van der Waals surface area contributed by atoms with E-state index >= 15 is 0 Å². The van der Waals surface area contributed by atoms with Gasteiger partial charge in [0.2, 0.25) is 0 Å². The molecule has 25 heavy (non-hydrogen) atoms. The Morgan fingerprint density at radius 2 is 2.12 bits per heavy atom. The van der Waals surface area contributed by atoms with E-state index in [1.54, 1.807) is 29.4 Å². The van der Waals surface area contributed by atoms with Crippen molar-refractivity contribution in [3.63, 3.8) is 0 Å². The number of hydrogen-bond donors (Lipinski definition) is 2. The van der Waals surface area contributed by atoms with Crippen LogP contribution in [0.5, 0.6) is 0 Å². The van der Waals surface area contributed by atoms with Gasteiger partial charge in [0.1, 0.15) is 0 Å². The summed E-state index contributed by atoms with van der Waals surface area (Å²) in [6.07, 6.45) is 9.30. The Morgan fingerprint density at radius 3 is 2.60 bits per heavy atom. The van der Waals surface area contributed by atoms with Crippen molar-refractivity contribution in [2.45, 2.75) is 57.2 Å². The highest BCUT2D eigenvalue weighted by molar-refractivity contribution is 7.98. The molecule has 1 aliphatic carbocycles. The van der Waals surface area contributed by atoms with Crippen LogP contribution in [0.3, 0.4) is 0 Å². The van der Waals surface area contributed by atoms with Gasteiger partial charge in [-0.3, -0.25) is 9.52 Å². The van der Waals surface area contributed by atoms with Crippen LogP contribution < -0.4 is 20.2 Å². The normalized spacial score (nSPS) is 23.2. The van der Waals surface area contributed by atoms with Crippen LogP contribution in [0.15, 0.2) is 30.9 Å². The summed E-state index contributed by atoms with van der Waals surface area (Å²) in [5.41, 5.74) is 7.50. The summed E-state index contributed by atoms with van der Waals surface area (Å²) in [7, 11) is 0. The van der Waals surface area contributed by atoms with Gasteiger partial charge >= 0.3 is 0 Å². The molecule has 2 atom stereocenters. The zero-order chi connectivity index (χ0) is 18.6. The molecule has 0 aromatic carbocycles. The van der Waals surface area contributed by atoms with Crippen LogP contribution in [0.1, 0.15) is 51.3 Å². The van der Waals surface area contributed by atoms with Crippen LogP contribution in [0.25, 0.3) is 11.3 Å². The van der Waals surface area contributed by atoms with Crippen molar-refractivity contribution in [2.75, 3.05) is 0 Å². The van der Waals surface area contributed by atoms with E-state index in [1.165, 1.54) is 4.88 Å². The molecule has 0 bridgehead atoms. The van der Waals surface area contributed by atoms with Gasteiger partial charge in [-0.05, 0) is 46.6 Å². The second kappa shape index (κ2) is 8.39. The van der Waals surface area contributed by atoms with Gasteiger partial charge in [-0.1, -0.05) is 36.8 Å². The van der Waals surface area contributed by atoms with Crippen LogP contribution in [-0.2, 0) is 4.79 Å². The van der Waals surface area contributed by atoms with Gasteiger partial charge in [-0.15, -0.1) is 11.3 Å². The summed E-state index contributed by atoms with van der Waals surface area (Å²) >= 11 is 3.46. The summed E-state index contributed by atoms with van der Waals surface area (Å²) in [5.74, 6) is 0.390. The van der Waals surface area contributed by atoms with Crippen LogP contribution in [0, 0.1) is 0 Å². The first kappa shape index (κ1) is 20.0. The molecule has 3 nitrogen and oxygen atoms in total. The van der Waals surface area contributed by atoms with E-state index in [2.05, 4.69) is 50.3 Å². The van der Waals surface area contributed by atoms with Crippen LogP contribution in [0.4, 0.5) is 0 Å². The van der Waals surface area contributed by atoms with Crippen molar-refractivity contribution in [1.29, 1.82) is 0 Å². The fraction of sp³-hybridized carbons (Fsp3) is 0.450. The van der Waals surface area contributed by atoms with Gasteiger partial charge in [-0.2, -0.15) is 0 Å². The molecule has 0 saturated carbocycles. The summed E-state index contributed by atoms with van der Waals surface area (Å²) < 4.78 is 4.43. The average Bonchev–Trinajstić information content (AvgIpc) is 2.99. The largest absolute Gasteiger partial charge is 0.402 e. The number of carbonyl (C=O) groups is 1. The van der Waals surface area contributed by atoms with Gasteiger partial charge in [-0.25, -0.2) is 0 Å². The van der Waals surface area contributed by atoms with Gasteiger partial charge in [0.05, 0.1) is 0 Å². The molecule has 5 heteroatoms. The summed E-state index contributed by atoms with van der Waals surface area (Å²) in [5, 5.41) is 1.46. The number of rotatable bonds is 5. The predicted octanol–water partition coefficient (Wildman–Crippen LogP) is 3.21. The van der Waals surface area contributed by atoms with Gasteiger partial charge in [0, 0.05) is 42.6 Å². The Balaban J connectivity index is 2.26. The number of allylic oxidation sites excluding steroid dienone is 2. The molecule has 136 valence electrons. The topological polar surface area (TPSA) is 55.1 Å². The number of nitrogens with two attached hydrogens (primary N) is 1. The van der Waals surface area contributed by atoms with E-state index in [0.29, 0.717) is 16.7 Å². The maximum Gasteiger partial charge on any atom is 0.151 e. The first-order valence-electron chi connectivity index (χ1n) is 8.54. The summed E-state index contributed by atoms with van der Waals surface area (Å²) in [6.45, 7) is 12.2. The summed E-state index contributed by atoms with van der Waals surface area (Å²) in [4.78, 5) is 12.6. The Hall–Kier alpha value is -1.30. The predicted molar refractivity (Wildman–Crippen MR) is 112 cm³/mol. The fourth-order valence-electron chi connectivity index (χ4n) is 2.68. The number of aldehydes is 1. The number of carbonyl (C=O) groups excluding carboxylic acids is 1. The highest BCUT2D eigenvalue weighted by atomic mass is 32.2. The van der Waals surface area contributed by atoms with E-state index in [4.69, 9.17) is 5.73 Å². The molecule has 0 saturated heterocycles. The molecule has 1 aliphatic rings. The van der Waals surface area contributed by atoms with Crippen molar-refractivity contribution < 1.29 is 4.79 Å². The zero-order valence-corrected chi connectivity index (χ0v) is 17.1. The lowest BCUT2D eigenvalue weighted by Gasteiger charge is -2.26. The van der Waals surface area contributed by atoms with Crippen molar-refractivity contribution >= 4 is 40.8 Å². The van der Waals surface area contributed by atoms with Crippen molar-refractivity contribution in [1.82, 2.24) is 4.72 Å². The van der Waals surface area contributed by atoms with Crippen LogP contribution in [0.2, 0.25) is 0 Å². The zero-order valence-electron chi connectivity index (χ0n) is 15.5. The Morgan fingerprint density at radius 1 is 1.40 bits per heavy atom. The molecule has 2 rings (SSSR count). The van der Waals surface area contributed by atoms with E-state index < -0.39 is 0 Å². The van der Waals surface area contributed by atoms with Crippen LogP contribution in [-0.4, -0.2) is 17.1 Å². The van der Waals surface area contributed by atoms with Crippen LogP contribution >= 0.6 is 23.3 Å². The fourth-order valence-corrected chi connectivity index (χ4v) is 4.94. The molecule has 1 aromatic rings. The second-order valence-electron chi connectivity index (χ2n) is 7.43. The van der Waals surface area contributed by atoms with Crippen molar-refractivity contribution in [3.05, 3.63) is 45.5 Å². The standard InChI is InChI=1S/C20H28N2OS2/c1-6-14(12-23)19-17(13(2)21)11-18(24-19)15-7-9-16(10-8-15)25-22-20(3,4)5/h6-7,9,11-12,15-16,22H,1,8,10,21H2,2-5H3/b17-13+,19-14-. The van der Waals surface area contributed by atoms with Gasteiger partial charge < -0.3 is 5.73 Å². The van der Waals surface area contributed by atoms with E-state index in [1.807, 2.05) is 6.92 Å². The van der Waals surface area contributed by atoms with Gasteiger partial charge in [0.15, 0.2) is 6.29 Å². The third kappa shape index (κ3) is 5.33. The molecule has 1 heterocycles. The molecule has 0 amide bonds. The average molecular weight is 377 g/mol. The Bertz CT molecular complexity index is 770. The lowest BCUT2D eigenvalue weighted by molar-refractivity contribution is -0.103. The third-order valence-corrected chi connectivity index (χ3v) is 6.73. The molecule has 0 spiro atoms. The Kier molecular flexibility index (Phi) is 6.72. The smallest absolute Gasteiger partial charge is 0.151 e. The quantitative estimate of drug-likeness (QED) is 0.471. The number of hydrogen-bond acceptors (Lipinski definition) is 5. The van der Waals surface area contributed by atoms with E-state index in [9.17, 15) is 4.79 Å². The first-order chi connectivity index (χ1) is 11.7. The monoisotopic (exact) mass is 376 g/mol. The lowest BCUT2D eigenvalue weighted by atomic mass is 9.94. The molecule has 0 radical (unpaired) electrons. The SMILES string of the molecule is C=C/C(C=O)=c1/sc(C2C=CC(SNC(C)(C)C)CC2)c/c1=C(/C)N. The molecular weight excluding hydrogens is 348 g/mol. The molecule has 0 aliphatic heterocycles. The highest BCUT2D eigenvalue weighted by Gasteiger charge is 2.21.